The number of hydrogen-bond acceptors (Lipinski definition) is 6. The van der Waals surface area contributed by atoms with E-state index in [4.69, 9.17) is 21.9 Å². The van der Waals surface area contributed by atoms with Crippen LogP contribution in [0.3, 0.4) is 0 Å². The summed E-state index contributed by atoms with van der Waals surface area (Å²) in [6, 6.07) is 18.0. The van der Waals surface area contributed by atoms with Crippen LogP contribution in [0, 0.1) is 0 Å². The Hall–Kier alpha value is -3.42. The minimum Gasteiger partial charge on any atom is -0.399 e. The Kier molecular flexibility index (Phi) is 8.19. The molecule has 1 aromatic heterocycles. The number of aromatic nitrogens is 1. The smallest absolute Gasteiger partial charge is 0.255 e. The number of hydrogen-bond donors (Lipinski definition) is 4. The van der Waals surface area contributed by atoms with Gasteiger partial charge in [-0.15, -0.1) is 0 Å². The van der Waals surface area contributed by atoms with Crippen molar-refractivity contribution in [3.63, 3.8) is 0 Å². The molecule has 0 fully saturated rings. The molecule has 1 amide bonds. The Morgan fingerprint density at radius 3 is 2.44 bits per heavy atom. The fourth-order valence-electron chi connectivity index (χ4n) is 3.39. The molecule has 0 aliphatic carbocycles. The molecule has 0 radical (unpaired) electrons. The molecular weight excluding hydrogens is 402 g/mol. The highest BCUT2D eigenvalue weighted by atomic mass is 16.5. The van der Waals surface area contributed by atoms with Gasteiger partial charge in [0.25, 0.3) is 5.91 Å². The predicted octanol–water partition coefficient (Wildman–Crippen LogP) is 4.27. The minimum atomic E-state index is -0.299. The molecule has 7 heteroatoms. The number of carbonyl (C=O) groups is 1. The van der Waals surface area contributed by atoms with Crippen LogP contribution >= 0.6 is 0 Å². The summed E-state index contributed by atoms with van der Waals surface area (Å²) in [5, 5.41) is 2.82. The number of unbranched alkanes of at least 4 members (excludes halogenated alkanes) is 1. The molecule has 168 valence electrons. The first-order chi connectivity index (χ1) is 15.5. The second-order valence-corrected chi connectivity index (χ2v) is 7.80. The first kappa shape index (κ1) is 23.2. The zero-order valence-corrected chi connectivity index (χ0v) is 18.3. The molecule has 0 spiro atoms. The van der Waals surface area contributed by atoms with Crippen LogP contribution in [-0.4, -0.2) is 17.0 Å². The molecule has 32 heavy (non-hydrogen) atoms. The maximum atomic E-state index is 12.5. The van der Waals surface area contributed by atoms with Crippen LogP contribution in [0.5, 0.6) is 0 Å². The zero-order chi connectivity index (χ0) is 22.9. The van der Waals surface area contributed by atoms with E-state index in [0.29, 0.717) is 23.7 Å². The van der Waals surface area contributed by atoms with Gasteiger partial charge >= 0.3 is 0 Å². The highest BCUT2D eigenvalue weighted by molar-refractivity contribution is 6.04. The van der Waals surface area contributed by atoms with Gasteiger partial charge in [0.05, 0.1) is 18.8 Å². The number of rotatable bonds is 10. The predicted molar refractivity (Wildman–Crippen MR) is 129 cm³/mol. The van der Waals surface area contributed by atoms with Gasteiger partial charge in [-0.1, -0.05) is 44.0 Å². The van der Waals surface area contributed by atoms with Crippen molar-refractivity contribution >= 4 is 23.1 Å². The van der Waals surface area contributed by atoms with Gasteiger partial charge in [0.1, 0.15) is 5.82 Å². The number of amides is 1. The summed E-state index contributed by atoms with van der Waals surface area (Å²) in [6.07, 6.45) is 4.36. The van der Waals surface area contributed by atoms with Crippen LogP contribution in [0.25, 0.3) is 0 Å². The van der Waals surface area contributed by atoms with E-state index < -0.39 is 0 Å². The third kappa shape index (κ3) is 6.54. The van der Waals surface area contributed by atoms with Crippen molar-refractivity contribution in [3.8, 4) is 0 Å². The maximum absolute atomic E-state index is 12.5. The average Bonchev–Trinajstić information content (AvgIpc) is 2.80. The molecule has 3 rings (SSSR count). The number of pyridine rings is 1. The van der Waals surface area contributed by atoms with Gasteiger partial charge in [-0.05, 0) is 47.9 Å². The van der Waals surface area contributed by atoms with Crippen LogP contribution in [0.1, 0.15) is 53.7 Å². The molecule has 0 saturated carbocycles. The SMILES string of the molecule is CCCCC(OCc1ccc(N)cc1)C(N)c1ccc(C(=O)Nc2ccnc(N)c2)cc1. The van der Waals surface area contributed by atoms with Crippen LogP contribution in [0.2, 0.25) is 0 Å². The van der Waals surface area contributed by atoms with E-state index in [-0.39, 0.29) is 18.1 Å². The van der Waals surface area contributed by atoms with E-state index in [2.05, 4.69) is 17.2 Å². The van der Waals surface area contributed by atoms with Gasteiger partial charge in [-0.2, -0.15) is 0 Å². The van der Waals surface area contributed by atoms with E-state index in [1.54, 1.807) is 30.5 Å². The molecule has 2 aromatic carbocycles. The van der Waals surface area contributed by atoms with Crippen molar-refractivity contribution in [2.24, 2.45) is 5.73 Å². The first-order valence-corrected chi connectivity index (χ1v) is 10.8. The van der Waals surface area contributed by atoms with Gasteiger partial charge in [0.15, 0.2) is 0 Å². The number of benzene rings is 2. The lowest BCUT2D eigenvalue weighted by molar-refractivity contribution is 0.0162. The topological polar surface area (TPSA) is 129 Å². The van der Waals surface area contributed by atoms with Gasteiger partial charge in [0, 0.05) is 29.2 Å². The molecule has 1 heterocycles. The lowest BCUT2D eigenvalue weighted by atomic mass is 9.97. The maximum Gasteiger partial charge on any atom is 0.255 e. The molecule has 7 N–H and O–H groups in total. The normalized spacial score (nSPS) is 12.8. The van der Waals surface area contributed by atoms with E-state index >= 15 is 0 Å². The van der Waals surface area contributed by atoms with Crippen LogP contribution < -0.4 is 22.5 Å². The molecule has 2 unspecified atom stereocenters. The van der Waals surface area contributed by atoms with Crippen LogP contribution in [0.4, 0.5) is 17.2 Å². The number of ether oxygens (including phenoxy) is 1. The largest absolute Gasteiger partial charge is 0.399 e. The number of nitrogen functional groups attached to an aromatic ring is 2. The first-order valence-electron chi connectivity index (χ1n) is 10.8. The quantitative estimate of drug-likeness (QED) is 0.353. The van der Waals surface area contributed by atoms with Crippen molar-refractivity contribution in [2.75, 3.05) is 16.8 Å². The summed E-state index contributed by atoms with van der Waals surface area (Å²) in [5.74, 6) is 0.124. The summed E-state index contributed by atoms with van der Waals surface area (Å²) in [4.78, 5) is 16.4. The van der Waals surface area contributed by atoms with Crippen molar-refractivity contribution in [1.82, 2.24) is 4.98 Å². The van der Waals surface area contributed by atoms with Gasteiger partial charge < -0.3 is 27.3 Å². The monoisotopic (exact) mass is 433 g/mol. The van der Waals surface area contributed by atoms with Gasteiger partial charge in [-0.25, -0.2) is 4.98 Å². The second kappa shape index (κ2) is 11.3. The van der Waals surface area contributed by atoms with Crippen LogP contribution in [0.15, 0.2) is 66.9 Å². The third-order valence-corrected chi connectivity index (χ3v) is 5.28. The fourth-order valence-corrected chi connectivity index (χ4v) is 3.39. The summed E-state index contributed by atoms with van der Waals surface area (Å²) in [5.41, 5.74) is 21.8. The Bertz CT molecular complexity index is 1010. The summed E-state index contributed by atoms with van der Waals surface area (Å²) in [6.45, 7) is 2.62. The van der Waals surface area contributed by atoms with E-state index in [1.807, 2.05) is 36.4 Å². The van der Waals surface area contributed by atoms with Gasteiger partial charge in [0.2, 0.25) is 0 Å². The van der Waals surface area contributed by atoms with Crippen molar-refractivity contribution in [2.45, 2.75) is 44.9 Å². The summed E-state index contributed by atoms with van der Waals surface area (Å²) in [7, 11) is 0. The number of anilines is 3. The van der Waals surface area contributed by atoms with E-state index in [0.717, 1.165) is 36.1 Å². The highest BCUT2D eigenvalue weighted by Gasteiger charge is 2.20. The van der Waals surface area contributed by atoms with Crippen molar-refractivity contribution in [1.29, 1.82) is 0 Å². The number of nitrogens with two attached hydrogens (primary N) is 3. The highest BCUT2D eigenvalue weighted by Crippen LogP contribution is 2.23. The lowest BCUT2D eigenvalue weighted by Gasteiger charge is -2.25. The summed E-state index contributed by atoms with van der Waals surface area (Å²) < 4.78 is 6.19. The lowest BCUT2D eigenvalue weighted by Crippen LogP contribution is -2.29. The molecule has 0 bridgehead atoms. The van der Waals surface area contributed by atoms with Crippen molar-refractivity contribution in [3.05, 3.63) is 83.6 Å². The molecule has 0 aliphatic rings. The fraction of sp³-hybridized carbons (Fsp3) is 0.280. The van der Waals surface area contributed by atoms with E-state index in [1.165, 1.54) is 0 Å². The molecule has 0 saturated heterocycles. The standard InChI is InChI=1S/C25H31N5O2/c1-2-3-4-22(32-16-17-5-11-20(26)12-6-17)24(28)18-7-9-19(10-8-18)25(31)30-21-13-14-29-23(27)15-21/h5-15,22,24H,2-4,16,26,28H2,1H3,(H3,27,29,30,31). The Morgan fingerprint density at radius 2 is 1.78 bits per heavy atom. The number of carbonyl (C=O) groups excluding carboxylic acids is 1. The second-order valence-electron chi connectivity index (χ2n) is 7.80. The third-order valence-electron chi connectivity index (χ3n) is 5.28. The molecular formula is C25H31N5O2. The molecule has 0 aliphatic heterocycles. The minimum absolute atomic E-state index is 0.132. The average molecular weight is 434 g/mol. The Balaban J connectivity index is 1.65. The van der Waals surface area contributed by atoms with Gasteiger partial charge in [-0.3, -0.25) is 4.79 Å². The molecule has 7 nitrogen and oxygen atoms in total. The zero-order valence-electron chi connectivity index (χ0n) is 18.3. The van der Waals surface area contributed by atoms with Crippen molar-refractivity contribution < 1.29 is 9.53 Å². The number of nitrogens with one attached hydrogen (secondary N) is 1. The van der Waals surface area contributed by atoms with Crippen LogP contribution in [-0.2, 0) is 11.3 Å². The number of nitrogens with zero attached hydrogens (tertiary/aromatic N) is 1. The molecule has 2 atom stereocenters. The summed E-state index contributed by atoms with van der Waals surface area (Å²) >= 11 is 0. The Labute approximate surface area is 189 Å². The van der Waals surface area contributed by atoms with E-state index in [9.17, 15) is 4.79 Å². The molecule has 3 aromatic rings. The Morgan fingerprint density at radius 1 is 1.06 bits per heavy atom.